The lowest BCUT2D eigenvalue weighted by Crippen LogP contribution is -2.52. The number of aromatic nitrogens is 1. The van der Waals surface area contributed by atoms with Crippen LogP contribution in [0.5, 0.6) is 0 Å². The smallest absolute Gasteiger partial charge is 0.194 e. The van der Waals surface area contributed by atoms with Gasteiger partial charge in [0.05, 0.1) is 6.54 Å². The lowest BCUT2D eigenvalue weighted by atomic mass is 10.2. The minimum Gasteiger partial charge on any atom is -0.357 e. The van der Waals surface area contributed by atoms with Crippen molar-refractivity contribution in [2.24, 2.45) is 4.99 Å². The van der Waals surface area contributed by atoms with Gasteiger partial charge in [0.15, 0.2) is 5.96 Å². The first-order valence-electron chi connectivity index (χ1n) is 10.2. The molecule has 0 saturated carbocycles. The zero-order valence-electron chi connectivity index (χ0n) is 17.1. The van der Waals surface area contributed by atoms with Crippen LogP contribution in [0, 0.1) is 0 Å². The molecule has 1 aliphatic heterocycles. The van der Waals surface area contributed by atoms with Crippen molar-refractivity contribution in [3.63, 3.8) is 0 Å². The van der Waals surface area contributed by atoms with Crippen LogP contribution in [0.1, 0.15) is 12.5 Å². The third-order valence-electron chi connectivity index (χ3n) is 4.93. The van der Waals surface area contributed by atoms with Gasteiger partial charge in [0.1, 0.15) is 5.82 Å². The molecule has 1 aromatic carbocycles. The van der Waals surface area contributed by atoms with Crippen LogP contribution < -0.4 is 10.2 Å². The number of pyridine rings is 1. The van der Waals surface area contributed by atoms with Crippen LogP contribution in [0.2, 0.25) is 0 Å². The molecule has 0 aliphatic carbocycles. The summed E-state index contributed by atoms with van der Waals surface area (Å²) in [6, 6.07) is 16.7. The second-order valence-corrected chi connectivity index (χ2v) is 7.12. The molecule has 1 aliphatic rings. The van der Waals surface area contributed by atoms with Gasteiger partial charge in [-0.3, -0.25) is 4.99 Å². The average molecular weight is 381 g/mol. The van der Waals surface area contributed by atoms with E-state index in [1.165, 1.54) is 5.56 Å². The lowest BCUT2D eigenvalue weighted by Gasteiger charge is -2.37. The number of nitrogens with one attached hydrogen (secondary N) is 1. The SMILES string of the molecule is CCNC(=NCCN(C)Cc1ccccc1)N1CCN(c2ccccn2)CC1. The molecule has 3 rings (SSSR count). The van der Waals surface area contributed by atoms with Crippen molar-refractivity contribution in [2.45, 2.75) is 13.5 Å². The molecule has 28 heavy (non-hydrogen) atoms. The van der Waals surface area contributed by atoms with Crippen molar-refractivity contribution in [3.05, 3.63) is 60.3 Å². The first-order chi connectivity index (χ1) is 13.8. The topological polar surface area (TPSA) is 47.0 Å². The van der Waals surface area contributed by atoms with Crippen LogP contribution >= 0.6 is 0 Å². The molecule has 6 nitrogen and oxygen atoms in total. The summed E-state index contributed by atoms with van der Waals surface area (Å²) in [4.78, 5) is 16.4. The zero-order valence-corrected chi connectivity index (χ0v) is 17.1. The molecule has 0 spiro atoms. The minimum absolute atomic E-state index is 0.798. The van der Waals surface area contributed by atoms with Crippen LogP contribution in [0.4, 0.5) is 5.82 Å². The molecular formula is C22H32N6. The predicted molar refractivity (Wildman–Crippen MR) is 117 cm³/mol. The first kappa shape index (κ1) is 20.1. The summed E-state index contributed by atoms with van der Waals surface area (Å²) in [6.45, 7) is 9.56. The number of rotatable bonds is 7. The number of benzene rings is 1. The average Bonchev–Trinajstić information content (AvgIpc) is 2.75. The number of likely N-dealkylation sites (N-methyl/N-ethyl adjacent to an activating group) is 1. The normalized spacial score (nSPS) is 15.2. The maximum atomic E-state index is 4.87. The summed E-state index contributed by atoms with van der Waals surface area (Å²) < 4.78 is 0. The molecule has 1 fully saturated rings. The molecule has 6 heteroatoms. The third-order valence-corrected chi connectivity index (χ3v) is 4.93. The van der Waals surface area contributed by atoms with Crippen LogP contribution in [0.3, 0.4) is 0 Å². The maximum absolute atomic E-state index is 4.87. The van der Waals surface area contributed by atoms with Crippen LogP contribution in [-0.2, 0) is 6.54 Å². The Bertz CT molecular complexity index is 710. The second kappa shape index (κ2) is 10.7. The monoisotopic (exact) mass is 380 g/mol. The molecule has 1 aromatic heterocycles. The summed E-state index contributed by atoms with van der Waals surface area (Å²) in [5.74, 6) is 2.09. The van der Waals surface area contributed by atoms with E-state index in [2.05, 4.69) is 75.4 Å². The van der Waals surface area contributed by atoms with E-state index >= 15 is 0 Å². The van der Waals surface area contributed by atoms with Crippen molar-refractivity contribution in [3.8, 4) is 0 Å². The number of anilines is 1. The van der Waals surface area contributed by atoms with E-state index in [9.17, 15) is 0 Å². The van der Waals surface area contributed by atoms with Crippen molar-refractivity contribution < 1.29 is 0 Å². The minimum atomic E-state index is 0.798. The molecule has 0 radical (unpaired) electrons. The Morgan fingerprint density at radius 3 is 2.50 bits per heavy atom. The van der Waals surface area contributed by atoms with Gasteiger partial charge in [-0.25, -0.2) is 4.98 Å². The Labute approximate surface area is 168 Å². The largest absolute Gasteiger partial charge is 0.357 e. The molecule has 2 heterocycles. The summed E-state index contributed by atoms with van der Waals surface area (Å²) >= 11 is 0. The van der Waals surface area contributed by atoms with Gasteiger partial charge in [-0.1, -0.05) is 36.4 Å². The molecular weight excluding hydrogens is 348 g/mol. The number of nitrogens with zero attached hydrogens (tertiary/aromatic N) is 5. The van der Waals surface area contributed by atoms with Crippen molar-refractivity contribution in [1.82, 2.24) is 20.1 Å². The number of guanidine groups is 1. The Kier molecular flexibility index (Phi) is 7.67. The highest BCUT2D eigenvalue weighted by Gasteiger charge is 2.20. The fraction of sp³-hybridized carbons (Fsp3) is 0.455. The molecule has 2 aromatic rings. The van der Waals surface area contributed by atoms with E-state index in [-0.39, 0.29) is 0 Å². The summed E-state index contributed by atoms with van der Waals surface area (Å²) in [6.07, 6.45) is 1.86. The quantitative estimate of drug-likeness (QED) is 0.590. The Morgan fingerprint density at radius 2 is 1.82 bits per heavy atom. The second-order valence-electron chi connectivity index (χ2n) is 7.12. The highest BCUT2D eigenvalue weighted by atomic mass is 15.4. The van der Waals surface area contributed by atoms with Gasteiger partial charge in [-0.2, -0.15) is 0 Å². The molecule has 0 amide bonds. The highest BCUT2D eigenvalue weighted by Crippen LogP contribution is 2.12. The van der Waals surface area contributed by atoms with Crippen molar-refractivity contribution in [2.75, 3.05) is 57.8 Å². The van der Waals surface area contributed by atoms with Gasteiger partial charge in [0.2, 0.25) is 0 Å². The predicted octanol–water partition coefficient (Wildman–Crippen LogP) is 2.30. The Balaban J connectivity index is 1.49. The molecule has 0 unspecified atom stereocenters. The molecule has 0 bridgehead atoms. The number of hydrogen-bond acceptors (Lipinski definition) is 4. The van der Waals surface area contributed by atoms with E-state index in [0.29, 0.717) is 0 Å². The van der Waals surface area contributed by atoms with Crippen molar-refractivity contribution >= 4 is 11.8 Å². The summed E-state index contributed by atoms with van der Waals surface area (Å²) in [5.41, 5.74) is 1.34. The van der Waals surface area contributed by atoms with E-state index in [0.717, 1.165) is 64.1 Å². The fourth-order valence-corrected chi connectivity index (χ4v) is 3.41. The van der Waals surface area contributed by atoms with Gasteiger partial charge in [-0.15, -0.1) is 0 Å². The van der Waals surface area contributed by atoms with E-state index < -0.39 is 0 Å². The summed E-state index contributed by atoms with van der Waals surface area (Å²) in [7, 11) is 2.15. The third kappa shape index (κ3) is 5.96. The standard InChI is InChI=1S/C22H32N6/c1-3-23-22(25-13-14-26(2)19-20-9-5-4-6-10-20)28-17-15-27(16-18-28)21-11-7-8-12-24-21/h4-12H,3,13-19H2,1-2H3,(H,23,25). The number of piperazine rings is 1. The molecule has 0 atom stereocenters. The Morgan fingerprint density at radius 1 is 1.07 bits per heavy atom. The molecule has 1 N–H and O–H groups in total. The first-order valence-corrected chi connectivity index (χ1v) is 10.2. The van der Waals surface area contributed by atoms with Crippen molar-refractivity contribution in [1.29, 1.82) is 0 Å². The van der Waals surface area contributed by atoms with E-state index in [1.807, 2.05) is 18.3 Å². The Hall–Kier alpha value is -2.60. The number of aliphatic imine (C=N–C) groups is 1. The molecule has 150 valence electrons. The van der Waals surface area contributed by atoms with Crippen LogP contribution in [0.25, 0.3) is 0 Å². The fourth-order valence-electron chi connectivity index (χ4n) is 3.41. The van der Waals surface area contributed by atoms with E-state index in [4.69, 9.17) is 4.99 Å². The van der Waals surface area contributed by atoms with Crippen LogP contribution in [0.15, 0.2) is 59.7 Å². The van der Waals surface area contributed by atoms with Gasteiger partial charge >= 0.3 is 0 Å². The lowest BCUT2D eigenvalue weighted by molar-refractivity contribution is 0.333. The molecule has 1 saturated heterocycles. The maximum Gasteiger partial charge on any atom is 0.194 e. The van der Waals surface area contributed by atoms with Crippen LogP contribution in [-0.4, -0.2) is 73.6 Å². The van der Waals surface area contributed by atoms with E-state index in [1.54, 1.807) is 0 Å². The number of hydrogen-bond donors (Lipinski definition) is 1. The highest BCUT2D eigenvalue weighted by molar-refractivity contribution is 5.80. The summed E-state index contributed by atoms with van der Waals surface area (Å²) in [5, 5.41) is 3.45. The van der Waals surface area contributed by atoms with Gasteiger partial charge in [-0.05, 0) is 31.7 Å². The zero-order chi connectivity index (χ0) is 19.6. The van der Waals surface area contributed by atoms with Gasteiger partial charge < -0.3 is 20.0 Å². The van der Waals surface area contributed by atoms with Gasteiger partial charge in [0, 0.05) is 52.0 Å². The van der Waals surface area contributed by atoms with Gasteiger partial charge in [0.25, 0.3) is 0 Å².